The second kappa shape index (κ2) is 5.94. The lowest BCUT2D eigenvalue weighted by Gasteiger charge is -2.05. The highest BCUT2D eigenvalue weighted by molar-refractivity contribution is 7.18. The minimum Gasteiger partial charge on any atom is -0.477 e. The maximum Gasteiger partial charge on any atom is 0.346 e. The Kier molecular flexibility index (Phi) is 4.26. The highest BCUT2D eigenvalue weighted by Crippen LogP contribution is 2.26. The quantitative estimate of drug-likeness (QED) is 0.800. The van der Waals surface area contributed by atoms with E-state index >= 15 is 0 Å². The normalized spacial score (nSPS) is 10.1. The summed E-state index contributed by atoms with van der Waals surface area (Å²) in [4.78, 5) is 22.9. The number of halogens is 1. The highest BCUT2D eigenvalue weighted by atomic mass is 35.5. The van der Waals surface area contributed by atoms with Gasteiger partial charge in [0, 0.05) is 10.7 Å². The van der Waals surface area contributed by atoms with Crippen LogP contribution in [0.1, 0.15) is 15.2 Å². The standard InChI is InChI=1S/C13H11ClN2O3S/c1-7-6-10(20-11(7)12(17)18)16-13(19)15-9-4-2-8(14)3-5-9/h2-6H,1H3,(H,17,18)(H2,15,16,19). The average molecular weight is 311 g/mol. The lowest BCUT2D eigenvalue weighted by Crippen LogP contribution is -2.18. The molecule has 1 aromatic carbocycles. The van der Waals surface area contributed by atoms with Gasteiger partial charge in [-0.05, 0) is 42.8 Å². The number of aromatic carboxylic acids is 1. The number of urea groups is 1. The molecule has 0 bridgehead atoms. The summed E-state index contributed by atoms with van der Waals surface area (Å²) >= 11 is 6.76. The molecule has 20 heavy (non-hydrogen) atoms. The van der Waals surface area contributed by atoms with Crippen LogP contribution in [0.5, 0.6) is 0 Å². The molecule has 0 radical (unpaired) electrons. The largest absolute Gasteiger partial charge is 0.477 e. The van der Waals surface area contributed by atoms with E-state index in [2.05, 4.69) is 10.6 Å². The van der Waals surface area contributed by atoms with Gasteiger partial charge in [0.25, 0.3) is 0 Å². The van der Waals surface area contributed by atoms with E-state index in [0.717, 1.165) is 11.3 Å². The van der Waals surface area contributed by atoms with Crippen molar-refractivity contribution in [2.45, 2.75) is 6.92 Å². The van der Waals surface area contributed by atoms with Crippen LogP contribution in [0.25, 0.3) is 0 Å². The predicted octanol–water partition coefficient (Wildman–Crippen LogP) is 4.05. The molecule has 3 N–H and O–H groups in total. The molecule has 2 aromatic rings. The first-order valence-corrected chi connectivity index (χ1v) is 6.82. The summed E-state index contributed by atoms with van der Waals surface area (Å²) in [6.07, 6.45) is 0. The van der Waals surface area contributed by atoms with Gasteiger partial charge in [0.1, 0.15) is 4.88 Å². The third kappa shape index (κ3) is 3.49. The monoisotopic (exact) mass is 310 g/mol. The van der Waals surface area contributed by atoms with E-state index in [1.807, 2.05) is 0 Å². The average Bonchev–Trinajstić information content (AvgIpc) is 2.73. The zero-order valence-corrected chi connectivity index (χ0v) is 12.0. The Morgan fingerprint density at radius 2 is 1.85 bits per heavy atom. The van der Waals surface area contributed by atoms with E-state index in [1.54, 1.807) is 37.3 Å². The zero-order chi connectivity index (χ0) is 14.7. The fraction of sp³-hybridized carbons (Fsp3) is 0.0769. The lowest BCUT2D eigenvalue weighted by molar-refractivity contribution is 0.0701. The highest BCUT2D eigenvalue weighted by Gasteiger charge is 2.13. The molecule has 2 rings (SSSR count). The minimum absolute atomic E-state index is 0.215. The van der Waals surface area contributed by atoms with Crippen LogP contribution in [0.2, 0.25) is 5.02 Å². The Balaban J connectivity index is 2.03. The van der Waals surface area contributed by atoms with Crippen molar-refractivity contribution in [3.05, 3.63) is 45.8 Å². The van der Waals surface area contributed by atoms with Crippen LogP contribution in [-0.2, 0) is 0 Å². The molecule has 7 heteroatoms. The smallest absolute Gasteiger partial charge is 0.346 e. The van der Waals surface area contributed by atoms with Crippen molar-refractivity contribution in [1.82, 2.24) is 0 Å². The molecule has 0 spiro atoms. The van der Waals surface area contributed by atoms with Crippen molar-refractivity contribution in [3.63, 3.8) is 0 Å². The van der Waals surface area contributed by atoms with Crippen molar-refractivity contribution in [1.29, 1.82) is 0 Å². The molecule has 104 valence electrons. The number of amides is 2. The topological polar surface area (TPSA) is 78.4 Å². The SMILES string of the molecule is Cc1cc(NC(=O)Nc2ccc(Cl)cc2)sc1C(=O)O. The number of nitrogens with one attached hydrogen (secondary N) is 2. The molecule has 0 unspecified atom stereocenters. The summed E-state index contributed by atoms with van der Waals surface area (Å²) in [5, 5.41) is 15.2. The molecule has 1 aromatic heterocycles. The first-order chi connectivity index (χ1) is 9.45. The van der Waals surface area contributed by atoms with Crippen LogP contribution in [0.4, 0.5) is 15.5 Å². The van der Waals surface area contributed by atoms with E-state index in [-0.39, 0.29) is 4.88 Å². The molecule has 2 amide bonds. The fourth-order valence-corrected chi connectivity index (χ4v) is 2.60. The van der Waals surface area contributed by atoms with Gasteiger partial charge in [0.15, 0.2) is 0 Å². The molecule has 0 fully saturated rings. The maximum absolute atomic E-state index is 11.8. The van der Waals surface area contributed by atoms with Gasteiger partial charge in [0.05, 0.1) is 5.00 Å². The Hall–Kier alpha value is -2.05. The van der Waals surface area contributed by atoms with Gasteiger partial charge in [-0.25, -0.2) is 9.59 Å². The van der Waals surface area contributed by atoms with E-state index in [4.69, 9.17) is 16.7 Å². The van der Waals surface area contributed by atoms with Crippen LogP contribution in [-0.4, -0.2) is 17.1 Å². The number of carboxylic acids is 1. The van der Waals surface area contributed by atoms with Gasteiger partial charge in [-0.3, -0.25) is 5.32 Å². The van der Waals surface area contributed by atoms with Gasteiger partial charge >= 0.3 is 12.0 Å². The van der Waals surface area contributed by atoms with Gasteiger partial charge in [-0.2, -0.15) is 0 Å². The van der Waals surface area contributed by atoms with Crippen LogP contribution in [0, 0.1) is 6.92 Å². The minimum atomic E-state index is -1.00. The Bertz CT molecular complexity index is 652. The number of carboxylic acid groups (broad SMARTS) is 1. The zero-order valence-electron chi connectivity index (χ0n) is 10.4. The van der Waals surface area contributed by atoms with Gasteiger partial charge in [0.2, 0.25) is 0 Å². The first kappa shape index (κ1) is 14.4. The van der Waals surface area contributed by atoms with Crippen LogP contribution in [0.15, 0.2) is 30.3 Å². The second-order valence-electron chi connectivity index (χ2n) is 4.01. The van der Waals surface area contributed by atoms with Gasteiger partial charge < -0.3 is 10.4 Å². The summed E-state index contributed by atoms with van der Waals surface area (Å²) in [6.45, 7) is 1.68. The van der Waals surface area contributed by atoms with E-state index in [1.165, 1.54) is 0 Å². The number of benzene rings is 1. The molecule has 0 aliphatic heterocycles. The number of hydrogen-bond donors (Lipinski definition) is 3. The number of aryl methyl sites for hydroxylation is 1. The Morgan fingerprint density at radius 1 is 1.20 bits per heavy atom. The molecule has 0 saturated heterocycles. The first-order valence-electron chi connectivity index (χ1n) is 5.63. The molecule has 0 saturated carbocycles. The van der Waals surface area contributed by atoms with Crippen molar-refractivity contribution >= 4 is 45.6 Å². The number of carbonyl (C=O) groups is 2. The number of anilines is 2. The van der Waals surface area contributed by atoms with Crippen molar-refractivity contribution in [2.24, 2.45) is 0 Å². The van der Waals surface area contributed by atoms with Crippen LogP contribution < -0.4 is 10.6 Å². The summed E-state index contributed by atoms with van der Waals surface area (Å²) in [5.41, 5.74) is 1.21. The summed E-state index contributed by atoms with van der Waals surface area (Å²) in [7, 11) is 0. The third-order valence-corrected chi connectivity index (χ3v) is 3.84. The number of thiophene rings is 1. The van der Waals surface area contributed by atoms with Crippen molar-refractivity contribution in [3.8, 4) is 0 Å². The van der Waals surface area contributed by atoms with Gasteiger partial charge in [-0.1, -0.05) is 11.6 Å². The predicted molar refractivity (Wildman–Crippen MR) is 80.1 cm³/mol. The second-order valence-corrected chi connectivity index (χ2v) is 5.50. The lowest BCUT2D eigenvalue weighted by atomic mass is 10.3. The molecular formula is C13H11ClN2O3S. The summed E-state index contributed by atoms with van der Waals surface area (Å²) in [6, 6.07) is 7.85. The number of carbonyl (C=O) groups excluding carboxylic acids is 1. The van der Waals surface area contributed by atoms with Gasteiger partial charge in [-0.15, -0.1) is 11.3 Å². The van der Waals surface area contributed by atoms with E-state index < -0.39 is 12.0 Å². The molecule has 0 atom stereocenters. The molecule has 0 aliphatic carbocycles. The number of rotatable bonds is 3. The third-order valence-electron chi connectivity index (χ3n) is 2.45. The van der Waals surface area contributed by atoms with E-state index in [0.29, 0.717) is 21.3 Å². The Morgan fingerprint density at radius 3 is 2.40 bits per heavy atom. The molecule has 1 heterocycles. The molecule has 5 nitrogen and oxygen atoms in total. The fourth-order valence-electron chi connectivity index (χ4n) is 1.56. The molecular weight excluding hydrogens is 300 g/mol. The van der Waals surface area contributed by atoms with Crippen molar-refractivity contribution < 1.29 is 14.7 Å². The Labute approximate surface area is 124 Å². The summed E-state index contributed by atoms with van der Waals surface area (Å²) in [5.74, 6) is -1.00. The van der Waals surface area contributed by atoms with E-state index in [9.17, 15) is 9.59 Å². The molecule has 0 aliphatic rings. The summed E-state index contributed by atoms with van der Waals surface area (Å²) < 4.78 is 0. The maximum atomic E-state index is 11.8. The van der Waals surface area contributed by atoms with Crippen LogP contribution >= 0.6 is 22.9 Å². The van der Waals surface area contributed by atoms with Crippen molar-refractivity contribution in [2.75, 3.05) is 10.6 Å². The number of hydrogen-bond acceptors (Lipinski definition) is 3. The van der Waals surface area contributed by atoms with Crippen LogP contribution in [0.3, 0.4) is 0 Å².